The predicted molar refractivity (Wildman–Crippen MR) is 65.4 cm³/mol. The van der Waals surface area contributed by atoms with Gasteiger partial charge in [0, 0.05) is 33.5 Å². The SMILES string of the molecule is CC(F)(F)C(F)OC1(F)C(F)(F)C(F)(F)C(F)(F)C(F)(OC(F)C(O)(F)F)C1(F)F.CO.[Rh]. The summed E-state index contributed by atoms with van der Waals surface area (Å²) in [5.74, 6) is -51.6. The maximum atomic E-state index is 14.2. The molecule has 1 fully saturated rings. The van der Waals surface area contributed by atoms with Crippen LogP contribution in [-0.4, -0.2) is 77.5 Å². The van der Waals surface area contributed by atoms with Gasteiger partial charge in [0.15, 0.2) is 0 Å². The fourth-order valence-electron chi connectivity index (χ4n) is 1.96. The Bertz CT molecular complexity index is 615. The van der Waals surface area contributed by atoms with Crippen LogP contribution in [0.4, 0.5) is 70.2 Å². The third-order valence-electron chi connectivity index (χ3n) is 3.61. The molecule has 1 aliphatic carbocycles. The average molecular weight is 625 g/mol. The largest absolute Gasteiger partial charge is 0.409 e. The predicted octanol–water partition coefficient (Wildman–Crippen LogP) is 4.34. The normalized spacial score (nSPS) is 32.0. The van der Waals surface area contributed by atoms with Gasteiger partial charge in [0.2, 0.25) is 0 Å². The second-order valence-corrected chi connectivity index (χ2v) is 5.90. The molecular formula is C12H10F16O4Rh. The van der Waals surface area contributed by atoms with Gasteiger partial charge in [-0.3, -0.25) is 9.47 Å². The van der Waals surface area contributed by atoms with Crippen molar-refractivity contribution in [1.82, 2.24) is 0 Å². The number of hydrogen-bond acceptors (Lipinski definition) is 4. The van der Waals surface area contributed by atoms with E-state index in [-0.39, 0.29) is 19.5 Å². The van der Waals surface area contributed by atoms with Gasteiger partial charge in [0.1, 0.15) is 0 Å². The van der Waals surface area contributed by atoms with Gasteiger partial charge in [-0.15, -0.1) is 0 Å². The van der Waals surface area contributed by atoms with Crippen LogP contribution in [0.5, 0.6) is 0 Å². The van der Waals surface area contributed by atoms with E-state index in [2.05, 4.69) is 4.74 Å². The molecule has 0 aromatic carbocycles. The zero-order valence-corrected chi connectivity index (χ0v) is 16.9. The summed E-state index contributed by atoms with van der Waals surface area (Å²) < 4.78 is 217. The van der Waals surface area contributed by atoms with Gasteiger partial charge in [0.05, 0.1) is 0 Å². The molecule has 21 heteroatoms. The van der Waals surface area contributed by atoms with Crippen molar-refractivity contribution in [2.45, 2.75) is 67.1 Å². The van der Waals surface area contributed by atoms with Crippen LogP contribution in [0, 0.1) is 0 Å². The van der Waals surface area contributed by atoms with E-state index in [4.69, 9.17) is 10.2 Å². The topological polar surface area (TPSA) is 58.9 Å². The molecule has 0 aliphatic heterocycles. The molecule has 4 unspecified atom stereocenters. The molecule has 4 atom stereocenters. The number of aliphatic hydroxyl groups is 2. The molecule has 1 radical (unpaired) electrons. The molecule has 0 aromatic rings. The van der Waals surface area contributed by atoms with Gasteiger partial charge < -0.3 is 10.2 Å². The Balaban J connectivity index is 0. The Labute approximate surface area is 184 Å². The quantitative estimate of drug-likeness (QED) is 0.341. The standard InChI is InChI=1S/C11H6F16O3.CH4O.Rh/c1-4(14,15)2(12)29-10(26)7(20,21)6(18,19)8(22,23)11(27,9(10,24)25)30-3(13)5(16,17)28;1-2;/h2-3,28H,1H3;2H,1H3;. The monoisotopic (exact) mass is 625 g/mol. The summed E-state index contributed by atoms with van der Waals surface area (Å²) in [6, 6.07) is 0. The van der Waals surface area contributed by atoms with Crippen molar-refractivity contribution < 1.29 is 109 Å². The van der Waals surface area contributed by atoms with Gasteiger partial charge >= 0.3 is 41.5 Å². The van der Waals surface area contributed by atoms with E-state index in [1.54, 1.807) is 0 Å². The van der Waals surface area contributed by atoms with E-state index in [0.717, 1.165) is 7.11 Å². The van der Waals surface area contributed by atoms with E-state index >= 15 is 0 Å². The first kappa shape index (κ1) is 34.5. The Hall–Kier alpha value is -0.657. The zero-order valence-electron chi connectivity index (χ0n) is 15.2. The fourth-order valence-corrected chi connectivity index (χ4v) is 1.96. The van der Waals surface area contributed by atoms with Crippen molar-refractivity contribution in [3.63, 3.8) is 0 Å². The molecule has 0 saturated heterocycles. The molecule has 0 spiro atoms. The fraction of sp³-hybridized carbons (Fsp3) is 1.00. The summed E-state index contributed by atoms with van der Waals surface area (Å²) in [5, 5.41) is 14.8. The molecule has 1 saturated carbocycles. The van der Waals surface area contributed by atoms with E-state index < -0.39 is 67.1 Å². The number of aliphatic hydroxyl groups excluding tert-OH is 1. The zero-order chi connectivity index (χ0) is 26.6. The molecule has 0 aromatic heterocycles. The van der Waals surface area contributed by atoms with Crippen LogP contribution >= 0.6 is 0 Å². The first-order valence-electron chi connectivity index (χ1n) is 7.21. The van der Waals surface area contributed by atoms with Gasteiger partial charge in [-0.25, -0.2) is 17.6 Å². The summed E-state index contributed by atoms with van der Waals surface area (Å²) in [5.41, 5.74) is 0. The molecule has 33 heavy (non-hydrogen) atoms. The summed E-state index contributed by atoms with van der Waals surface area (Å²) in [6.07, 6.45) is -16.8. The van der Waals surface area contributed by atoms with Gasteiger partial charge in [-0.1, -0.05) is 0 Å². The van der Waals surface area contributed by atoms with Crippen LogP contribution in [0.1, 0.15) is 6.92 Å². The van der Waals surface area contributed by atoms with Crippen molar-refractivity contribution in [1.29, 1.82) is 0 Å². The number of halogens is 16. The molecule has 0 amide bonds. The molecule has 0 bridgehead atoms. The first-order chi connectivity index (χ1) is 13.8. The number of rotatable bonds is 6. The molecule has 1 aliphatic rings. The molecule has 203 valence electrons. The minimum Gasteiger partial charge on any atom is -0.400 e. The summed E-state index contributed by atoms with van der Waals surface area (Å²) >= 11 is 0. The smallest absolute Gasteiger partial charge is 0.400 e. The van der Waals surface area contributed by atoms with Crippen molar-refractivity contribution in [2.24, 2.45) is 0 Å². The summed E-state index contributed by atoms with van der Waals surface area (Å²) in [4.78, 5) is 0. The Kier molecular flexibility index (Phi) is 9.85. The van der Waals surface area contributed by atoms with Gasteiger partial charge in [0.25, 0.3) is 18.6 Å². The molecular weight excluding hydrogens is 615 g/mol. The second-order valence-electron chi connectivity index (χ2n) is 5.90. The second kappa shape index (κ2) is 9.42. The van der Waals surface area contributed by atoms with E-state index in [0.29, 0.717) is 0 Å². The van der Waals surface area contributed by atoms with Crippen LogP contribution < -0.4 is 0 Å². The van der Waals surface area contributed by atoms with Crippen molar-refractivity contribution in [2.75, 3.05) is 7.11 Å². The molecule has 4 nitrogen and oxygen atoms in total. The van der Waals surface area contributed by atoms with Crippen molar-refractivity contribution in [3.8, 4) is 0 Å². The minimum absolute atomic E-state index is 0. The third-order valence-corrected chi connectivity index (χ3v) is 3.61. The van der Waals surface area contributed by atoms with Crippen LogP contribution in [0.2, 0.25) is 0 Å². The average Bonchev–Trinajstić information content (AvgIpc) is 2.59. The number of ether oxygens (including phenoxy) is 2. The van der Waals surface area contributed by atoms with Crippen LogP contribution in [0.25, 0.3) is 0 Å². The number of hydrogen-bond donors (Lipinski definition) is 2. The van der Waals surface area contributed by atoms with Crippen LogP contribution in [0.3, 0.4) is 0 Å². The molecule has 1 rings (SSSR count). The maximum Gasteiger partial charge on any atom is 0.409 e. The van der Waals surface area contributed by atoms with E-state index in [1.165, 1.54) is 0 Å². The van der Waals surface area contributed by atoms with E-state index in [9.17, 15) is 70.2 Å². The van der Waals surface area contributed by atoms with Gasteiger partial charge in [-0.2, -0.15) is 52.7 Å². The summed E-state index contributed by atoms with van der Waals surface area (Å²) in [7, 11) is 1.00. The van der Waals surface area contributed by atoms with Crippen molar-refractivity contribution >= 4 is 0 Å². The van der Waals surface area contributed by atoms with E-state index in [1.807, 2.05) is 4.74 Å². The number of alkyl halides is 16. The van der Waals surface area contributed by atoms with Crippen LogP contribution in [0.15, 0.2) is 0 Å². The molecule has 0 heterocycles. The maximum absolute atomic E-state index is 14.2. The van der Waals surface area contributed by atoms with Crippen molar-refractivity contribution in [3.05, 3.63) is 0 Å². The van der Waals surface area contributed by atoms with Gasteiger partial charge in [-0.05, 0) is 0 Å². The Morgan fingerprint density at radius 3 is 1.12 bits per heavy atom. The Morgan fingerprint density at radius 1 is 0.606 bits per heavy atom. The van der Waals surface area contributed by atoms with Crippen LogP contribution in [-0.2, 0) is 29.0 Å². The summed E-state index contributed by atoms with van der Waals surface area (Å²) in [6.45, 7) is -0.712. The minimum atomic E-state index is -7.83. The third kappa shape index (κ3) is 4.75. The molecule has 2 N–H and O–H groups in total. The Morgan fingerprint density at radius 2 is 0.879 bits per heavy atom. The first-order valence-corrected chi connectivity index (χ1v) is 7.21.